The number of rotatable bonds is 8. The smallest absolute Gasteiger partial charge is 0.335 e. The number of benzene rings is 3. The van der Waals surface area contributed by atoms with Crippen molar-refractivity contribution in [3.8, 4) is 5.75 Å². The summed E-state index contributed by atoms with van der Waals surface area (Å²) in [4.78, 5) is 18.5. The maximum absolute atomic E-state index is 11.3. The van der Waals surface area contributed by atoms with Crippen LogP contribution in [-0.2, 0) is 0 Å². The fraction of sp³-hybridized carbons (Fsp3) is 0.200. The number of aromatic carboxylic acids is 1. The summed E-state index contributed by atoms with van der Waals surface area (Å²) in [6.45, 7) is 3.98. The van der Waals surface area contributed by atoms with Crippen LogP contribution in [0, 0.1) is 0 Å². The molecular weight excluding hydrogens is 450 g/mol. The van der Waals surface area contributed by atoms with Crippen molar-refractivity contribution in [1.29, 1.82) is 0 Å². The number of hydrogen-bond donors (Lipinski definition) is 2. The van der Waals surface area contributed by atoms with Gasteiger partial charge < -0.3 is 15.2 Å². The van der Waals surface area contributed by atoms with Crippen molar-refractivity contribution >= 4 is 22.8 Å². The summed E-state index contributed by atoms with van der Waals surface area (Å²) in [6.07, 6.45) is 3.94. The van der Waals surface area contributed by atoms with E-state index in [1.165, 1.54) is 0 Å². The summed E-state index contributed by atoms with van der Waals surface area (Å²) in [6, 6.07) is 27.2. The summed E-state index contributed by atoms with van der Waals surface area (Å²) in [5.74, 6) is -0.0995. The van der Waals surface area contributed by atoms with Crippen molar-refractivity contribution in [3.05, 3.63) is 114 Å². The maximum atomic E-state index is 11.3. The van der Waals surface area contributed by atoms with E-state index in [0.717, 1.165) is 59.5 Å². The lowest BCUT2D eigenvalue weighted by atomic mass is 9.98. The molecular formula is C30H29N3O3. The molecule has 0 saturated carbocycles. The quantitative estimate of drug-likeness (QED) is 0.369. The van der Waals surface area contributed by atoms with Crippen LogP contribution in [-0.4, -0.2) is 53.7 Å². The van der Waals surface area contributed by atoms with E-state index in [9.17, 15) is 9.90 Å². The summed E-state index contributed by atoms with van der Waals surface area (Å²) < 4.78 is 6.48. The molecule has 1 aliphatic rings. The SMILES string of the molecule is O=C(O)c1ccc(C=C(COc2cccc3ccccc23)C(c2ccccn2)N2CCNCC2)cc1. The fourth-order valence-electron chi connectivity index (χ4n) is 4.71. The lowest BCUT2D eigenvalue weighted by Gasteiger charge is -2.36. The summed E-state index contributed by atoms with van der Waals surface area (Å²) in [5.41, 5.74) is 3.22. The molecule has 0 radical (unpaired) electrons. The first-order valence-corrected chi connectivity index (χ1v) is 12.2. The van der Waals surface area contributed by atoms with Gasteiger partial charge in [0.1, 0.15) is 12.4 Å². The van der Waals surface area contributed by atoms with E-state index in [0.29, 0.717) is 6.61 Å². The predicted octanol–water partition coefficient (Wildman–Crippen LogP) is 5.04. The van der Waals surface area contributed by atoms with Crippen molar-refractivity contribution in [2.24, 2.45) is 0 Å². The molecule has 1 aromatic heterocycles. The summed E-state index contributed by atoms with van der Waals surface area (Å²) in [5, 5.41) is 14.9. The monoisotopic (exact) mass is 479 g/mol. The lowest BCUT2D eigenvalue weighted by Crippen LogP contribution is -2.46. The number of pyridine rings is 1. The zero-order chi connectivity index (χ0) is 24.7. The molecule has 0 bridgehead atoms. The van der Waals surface area contributed by atoms with Gasteiger partial charge in [0, 0.05) is 37.8 Å². The number of nitrogens with zero attached hydrogens (tertiary/aromatic N) is 2. The highest BCUT2D eigenvalue weighted by Crippen LogP contribution is 2.32. The van der Waals surface area contributed by atoms with Crippen LogP contribution in [0.15, 0.2) is 96.7 Å². The number of hydrogen-bond acceptors (Lipinski definition) is 5. The first-order chi connectivity index (χ1) is 17.7. The van der Waals surface area contributed by atoms with Crippen molar-refractivity contribution in [3.63, 3.8) is 0 Å². The Morgan fingerprint density at radius 2 is 1.72 bits per heavy atom. The van der Waals surface area contributed by atoms with Gasteiger partial charge in [0.05, 0.1) is 17.3 Å². The highest BCUT2D eigenvalue weighted by molar-refractivity contribution is 5.88. The molecule has 1 saturated heterocycles. The van der Waals surface area contributed by atoms with Crippen LogP contribution >= 0.6 is 0 Å². The van der Waals surface area contributed by atoms with E-state index in [-0.39, 0.29) is 11.6 Å². The molecule has 0 amide bonds. The van der Waals surface area contributed by atoms with E-state index in [2.05, 4.69) is 40.6 Å². The first kappa shape index (κ1) is 23.7. The molecule has 4 aromatic rings. The van der Waals surface area contributed by atoms with E-state index in [1.54, 1.807) is 12.1 Å². The molecule has 1 atom stereocenters. The van der Waals surface area contributed by atoms with Crippen molar-refractivity contribution in [2.75, 3.05) is 32.8 Å². The van der Waals surface area contributed by atoms with Gasteiger partial charge in [-0.25, -0.2) is 4.79 Å². The number of fused-ring (bicyclic) bond motifs is 1. The Balaban J connectivity index is 1.54. The van der Waals surface area contributed by atoms with Crippen molar-refractivity contribution < 1.29 is 14.6 Å². The number of nitrogens with one attached hydrogen (secondary N) is 1. The van der Waals surface area contributed by atoms with Gasteiger partial charge in [-0.05, 0) is 46.9 Å². The Morgan fingerprint density at radius 3 is 2.47 bits per heavy atom. The number of ether oxygens (including phenoxy) is 1. The Kier molecular flexibility index (Phi) is 7.36. The molecule has 36 heavy (non-hydrogen) atoms. The first-order valence-electron chi connectivity index (χ1n) is 12.2. The zero-order valence-electron chi connectivity index (χ0n) is 20.0. The standard InChI is InChI=1S/C30H29N3O3/c34-30(35)24-13-11-22(12-14-24)20-25(21-36-28-10-5-7-23-6-1-2-8-26(23)28)29(27-9-3-4-15-32-27)33-18-16-31-17-19-33/h1-15,20,29,31H,16-19,21H2,(H,34,35). The molecule has 182 valence electrons. The van der Waals surface area contributed by atoms with Gasteiger partial charge in [0.15, 0.2) is 0 Å². The van der Waals surface area contributed by atoms with Crippen LogP contribution in [0.3, 0.4) is 0 Å². The molecule has 3 aromatic carbocycles. The van der Waals surface area contributed by atoms with Gasteiger partial charge in [-0.2, -0.15) is 0 Å². The van der Waals surface area contributed by atoms with Crippen molar-refractivity contribution in [1.82, 2.24) is 15.2 Å². The number of aromatic nitrogens is 1. The van der Waals surface area contributed by atoms with E-state index >= 15 is 0 Å². The second-order valence-electron chi connectivity index (χ2n) is 8.86. The third kappa shape index (κ3) is 5.46. The second-order valence-corrected chi connectivity index (χ2v) is 8.86. The number of carbonyl (C=O) groups is 1. The van der Waals surface area contributed by atoms with Gasteiger partial charge in [-0.1, -0.05) is 60.7 Å². The van der Waals surface area contributed by atoms with Gasteiger partial charge in [-0.3, -0.25) is 9.88 Å². The minimum Gasteiger partial charge on any atom is -0.489 e. The largest absolute Gasteiger partial charge is 0.489 e. The van der Waals surface area contributed by atoms with E-state index < -0.39 is 5.97 Å². The molecule has 5 rings (SSSR count). The fourth-order valence-corrected chi connectivity index (χ4v) is 4.71. The normalized spacial score (nSPS) is 15.5. The van der Waals surface area contributed by atoms with Crippen LogP contribution in [0.5, 0.6) is 5.75 Å². The third-order valence-electron chi connectivity index (χ3n) is 6.49. The third-order valence-corrected chi connectivity index (χ3v) is 6.49. The highest BCUT2D eigenvalue weighted by Gasteiger charge is 2.27. The number of piperazine rings is 1. The Bertz CT molecular complexity index is 1340. The zero-order valence-corrected chi connectivity index (χ0v) is 20.0. The lowest BCUT2D eigenvalue weighted by molar-refractivity contribution is 0.0697. The van der Waals surface area contributed by atoms with Gasteiger partial charge in [-0.15, -0.1) is 0 Å². The van der Waals surface area contributed by atoms with Crippen LogP contribution < -0.4 is 10.1 Å². The average Bonchev–Trinajstić information content (AvgIpc) is 2.93. The molecule has 6 nitrogen and oxygen atoms in total. The number of carboxylic acid groups (broad SMARTS) is 1. The van der Waals surface area contributed by atoms with Gasteiger partial charge in [0.2, 0.25) is 0 Å². The predicted molar refractivity (Wildman–Crippen MR) is 142 cm³/mol. The summed E-state index contributed by atoms with van der Waals surface area (Å²) in [7, 11) is 0. The molecule has 1 unspecified atom stereocenters. The maximum Gasteiger partial charge on any atom is 0.335 e. The topological polar surface area (TPSA) is 74.7 Å². The van der Waals surface area contributed by atoms with E-state index in [4.69, 9.17) is 9.72 Å². The number of carboxylic acids is 1. The van der Waals surface area contributed by atoms with Crippen LogP contribution in [0.25, 0.3) is 16.8 Å². The second kappa shape index (κ2) is 11.2. The van der Waals surface area contributed by atoms with Gasteiger partial charge >= 0.3 is 5.97 Å². The van der Waals surface area contributed by atoms with Crippen LogP contribution in [0.1, 0.15) is 27.7 Å². The minimum absolute atomic E-state index is 0.0672. The highest BCUT2D eigenvalue weighted by atomic mass is 16.5. The Labute approximate surface area is 210 Å². The summed E-state index contributed by atoms with van der Waals surface area (Å²) >= 11 is 0. The van der Waals surface area contributed by atoms with Gasteiger partial charge in [0.25, 0.3) is 0 Å². The minimum atomic E-state index is -0.933. The molecule has 0 spiro atoms. The van der Waals surface area contributed by atoms with E-state index in [1.807, 2.05) is 54.7 Å². The molecule has 2 heterocycles. The molecule has 1 fully saturated rings. The molecule has 2 N–H and O–H groups in total. The Hall–Kier alpha value is -4.00. The van der Waals surface area contributed by atoms with Crippen LogP contribution in [0.2, 0.25) is 0 Å². The average molecular weight is 480 g/mol. The van der Waals surface area contributed by atoms with Crippen LogP contribution in [0.4, 0.5) is 0 Å². The Morgan fingerprint density at radius 1 is 0.972 bits per heavy atom. The molecule has 0 aliphatic carbocycles. The van der Waals surface area contributed by atoms with Crippen molar-refractivity contribution in [2.45, 2.75) is 6.04 Å². The molecule has 1 aliphatic heterocycles. The molecule has 6 heteroatoms.